The van der Waals surface area contributed by atoms with Crippen molar-refractivity contribution < 1.29 is 0 Å². The van der Waals surface area contributed by atoms with Gasteiger partial charge < -0.3 is 9.88 Å². The van der Waals surface area contributed by atoms with Crippen LogP contribution in [0, 0.1) is 13.8 Å². The molecule has 0 bridgehead atoms. The van der Waals surface area contributed by atoms with Gasteiger partial charge in [0.15, 0.2) is 5.82 Å². The highest BCUT2D eigenvalue weighted by atomic mass is 16.1. The molecule has 0 aliphatic heterocycles. The SMILES string of the molecule is Cc1nn(C)c(C)c1CNc1nccn(C)c1=O. The molecule has 18 heavy (non-hydrogen) atoms. The molecule has 2 rings (SSSR count). The molecule has 0 amide bonds. The van der Waals surface area contributed by atoms with Crippen molar-refractivity contribution in [2.24, 2.45) is 14.1 Å². The Balaban J connectivity index is 2.22. The fourth-order valence-corrected chi connectivity index (χ4v) is 1.86. The smallest absolute Gasteiger partial charge is 0.293 e. The third-order valence-corrected chi connectivity index (χ3v) is 3.11. The fraction of sp³-hybridized carbons (Fsp3) is 0.417. The van der Waals surface area contributed by atoms with E-state index >= 15 is 0 Å². The topological polar surface area (TPSA) is 64.7 Å². The summed E-state index contributed by atoms with van der Waals surface area (Å²) in [6.07, 6.45) is 3.24. The van der Waals surface area contributed by atoms with Crippen LogP contribution in [0.2, 0.25) is 0 Å². The van der Waals surface area contributed by atoms with E-state index in [1.54, 1.807) is 19.4 Å². The summed E-state index contributed by atoms with van der Waals surface area (Å²) in [6.45, 7) is 4.52. The van der Waals surface area contributed by atoms with E-state index in [-0.39, 0.29) is 5.56 Å². The van der Waals surface area contributed by atoms with E-state index in [1.165, 1.54) is 4.57 Å². The second-order valence-electron chi connectivity index (χ2n) is 4.32. The minimum absolute atomic E-state index is 0.128. The van der Waals surface area contributed by atoms with Crippen LogP contribution in [0.5, 0.6) is 0 Å². The van der Waals surface area contributed by atoms with Gasteiger partial charge in [-0.1, -0.05) is 0 Å². The van der Waals surface area contributed by atoms with Crippen molar-refractivity contribution in [3.8, 4) is 0 Å². The highest BCUT2D eigenvalue weighted by Crippen LogP contribution is 2.12. The summed E-state index contributed by atoms with van der Waals surface area (Å²) in [5.74, 6) is 0.364. The van der Waals surface area contributed by atoms with E-state index < -0.39 is 0 Å². The van der Waals surface area contributed by atoms with Gasteiger partial charge in [-0.3, -0.25) is 9.48 Å². The zero-order valence-corrected chi connectivity index (χ0v) is 11.1. The molecule has 2 aromatic heterocycles. The molecule has 0 aliphatic carbocycles. The average Bonchev–Trinajstić information content (AvgIpc) is 2.56. The lowest BCUT2D eigenvalue weighted by molar-refractivity contribution is 0.730. The number of rotatable bonds is 3. The van der Waals surface area contributed by atoms with E-state index in [4.69, 9.17) is 0 Å². The Morgan fingerprint density at radius 3 is 2.67 bits per heavy atom. The molecule has 0 aliphatic rings. The molecule has 6 heteroatoms. The zero-order valence-electron chi connectivity index (χ0n) is 11.1. The zero-order chi connectivity index (χ0) is 13.3. The van der Waals surface area contributed by atoms with Gasteiger partial charge in [-0.15, -0.1) is 0 Å². The summed E-state index contributed by atoms with van der Waals surface area (Å²) >= 11 is 0. The molecule has 0 aromatic carbocycles. The van der Waals surface area contributed by atoms with Gasteiger partial charge >= 0.3 is 0 Å². The predicted octanol–water partition coefficient (Wildman–Crippen LogP) is 0.743. The number of aryl methyl sites for hydroxylation is 3. The maximum Gasteiger partial charge on any atom is 0.293 e. The van der Waals surface area contributed by atoms with Crippen molar-refractivity contribution >= 4 is 5.82 Å². The number of hydrogen-bond donors (Lipinski definition) is 1. The molecule has 0 unspecified atom stereocenters. The molecule has 0 atom stereocenters. The Morgan fingerprint density at radius 2 is 2.06 bits per heavy atom. The van der Waals surface area contributed by atoms with Gasteiger partial charge in [-0.2, -0.15) is 5.10 Å². The number of aromatic nitrogens is 4. The van der Waals surface area contributed by atoms with E-state index in [1.807, 2.05) is 25.6 Å². The lowest BCUT2D eigenvalue weighted by atomic mass is 10.2. The molecule has 1 N–H and O–H groups in total. The van der Waals surface area contributed by atoms with Crippen molar-refractivity contribution in [3.05, 3.63) is 39.7 Å². The number of hydrogen-bond acceptors (Lipinski definition) is 4. The van der Waals surface area contributed by atoms with Crippen molar-refractivity contribution in [2.75, 3.05) is 5.32 Å². The summed E-state index contributed by atoms with van der Waals surface area (Å²) in [5, 5.41) is 7.40. The lowest BCUT2D eigenvalue weighted by Gasteiger charge is -2.06. The van der Waals surface area contributed by atoms with Gasteiger partial charge in [-0.05, 0) is 13.8 Å². The molecule has 0 saturated heterocycles. The standard InChI is InChI=1S/C12H17N5O/c1-8-10(9(2)17(4)15-8)7-14-11-12(18)16(3)6-5-13-11/h5-6H,7H2,1-4H3,(H,13,14). The first-order chi connectivity index (χ1) is 8.50. The fourth-order valence-electron chi connectivity index (χ4n) is 1.86. The van der Waals surface area contributed by atoms with Crippen molar-refractivity contribution in [2.45, 2.75) is 20.4 Å². The van der Waals surface area contributed by atoms with Crippen LogP contribution in [0.3, 0.4) is 0 Å². The first-order valence-electron chi connectivity index (χ1n) is 5.75. The Kier molecular flexibility index (Phi) is 3.18. The summed E-state index contributed by atoms with van der Waals surface area (Å²) < 4.78 is 3.33. The van der Waals surface area contributed by atoms with E-state index in [9.17, 15) is 4.79 Å². The third kappa shape index (κ3) is 2.13. The number of nitrogens with zero attached hydrogens (tertiary/aromatic N) is 4. The van der Waals surface area contributed by atoms with Gasteiger partial charge in [0.1, 0.15) is 0 Å². The van der Waals surface area contributed by atoms with Gasteiger partial charge in [0.2, 0.25) is 0 Å². The van der Waals surface area contributed by atoms with Crippen LogP contribution in [0.25, 0.3) is 0 Å². The number of nitrogens with one attached hydrogen (secondary N) is 1. The highest BCUT2D eigenvalue weighted by molar-refractivity contribution is 5.35. The quantitative estimate of drug-likeness (QED) is 0.869. The van der Waals surface area contributed by atoms with Crippen LogP contribution < -0.4 is 10.9 Å². The molecular weight excluding hydrogens is 230 g/mol. The van der Waals surface area contributed by atoms with Crippen LogP contribution in [0.1, 0.15) is 17.0 Å². The van der Waals surface area contributed by atoms with Crippen molar-refractivity contribution in [3.63, 3.8) is 0 Å². The van der Waals surface area contributed by atoms with E-state index in [2.05, 4.69) is 15.4 Å². The average molecular weight is 247 g/mol. The van der Waals surface area contributed by atoms with Crippen LogP contribution in [-0.2, 0) is 20.6 Å². The molecule has 0 radical (unpaired) electrons. The Morgan fingerprint density at radius 1 is 1.33 bits per heavy atom. The number of anilines is 1. The molecule has 6 nitrogen and oxygen atoms in total. The summed E-state index contributed by atoms with van der Waals surface area (Å²) in [6, 6.07) is 0. The molecule has 96 valence electrons. The molecule has 2 aromatic rings. The summed E-state index contributed by atoms with van der Waals surface area (Å²) in [7, 11) is 3.61. The second kappa shape index (κ2) is 4.64. The van der Waals surface area contributed by atoms with Gasteiger partial charge in [0, 0.05) is 44.3 Å². The van der Waals surface area contributed by atoms with Crippen LogP contribution >= 0.6 is 0 Å². The van der Waals surface area contributed by atoms with E-state index in [0.29, 0.717) is 12.4 Å². The largest absolute Gasteiger partial charge is 0.361 e. The van der Waals surface area contributed by atoms with Gasteiger partial charge in [-0.25, -0.2) is 4.98 Å². The first-order valence-corrected chi connectivity index (χ1v) is 5.75. The maximum absolute atomic E-state index is 11.8. The first kappa shape index (κ1) is 12.3. The van der Waals surface area contributed by atoms with Crippen LogP contribution in [0.4, 0.5) is 5.82 Å². The monoisotopic (exact) mass is 247 g/mol. The maximum atomic E-state index is 11.8. The Bertz CT molecular complexity index is 626. The molecule has 0 saturated carbocycles. The predicted molar refractivity (Wildman–Crippen MR) is 69.5 cm³/mol. The third-order valence-electron chi connectivity index (χ3n) is 3.11. The second-order valence-corrected chi connectivity index (χ2v) is 4.32. The van der Waals surface area contributed by atoms with Crippen LogP contribution in [-0.4, -0.2) is 19.3 Å². The van der Waals surface area contributed by atoms with Gasteiger partial charge in [0.05, 0.1) is 5.69 Å². The molecule has 0 spiro atoms. The summed E-state index contributed by atoms with van der Waals surface area (Å²) in [4.78, 5) is 15.8. The molecular formula is C12H17N5O. The normalized spacial score (nSPS) is 10.7. The lowest BCUT2D eigenvalue weighted by Crippen LogP contribution is -2.21. The minimum atomic E-state index is -0.128. The van der Waals surface area contributed by atoms with Gasteiger partial charge in [0.25, 0.3) is 5.56 Å². The Hall–Kier alpha value is -2.11. The van der Waals surface area contributed by atoms with Crippen LogP contribution in [0.15, 0.2) is 17.2 Å². The highest BCUT2D eigenvalue weighted by Gasteiger charge is 2.10. The molecule has 0 fully saturated rings. The van der Waals surface area contributed by atoms with Crippen molar-refractivity contribution in [1.82, 2.24) is 19.3 Å². The Labute approximate surface area is 105 Å². The summed E-state index contributed by atoms with van der Waals surface area (Å²) in [5.41, 5.74) is 3.03. The van der Waals surface area contributed by atoms with Crippen molar-refractivity contribution in [1.29, 1.82) is 0 Å². The van der Waals surface area contributed by atoms with E-state index in [0.717, 1.165) is 17.0 Å². The minimum Gasteiger partial charge on any atom is -0.361 e. The molecule has 2 heterocycles.